The van der Waals surface area contributed by atoms with Crippen molar-refractivity contribution >= 4 is 21.9 Å². The van der Waals surface area contributed by atoms with Gasteiger partial charge in [-0.1, -0.05) is 55.8 Å². The molecule has 112 valence electrons. The fourth-order valence-corrected chi connectivity index (χ4v) is 6.55. The van der Waals surface area contributed by atoms with Crippen molar-refractivity contribution in [2.75, 3.05) is 12.4 Å². The lowest BCUT2D eigenvalue weighted by Crippen LogP contribution is -2.55. The molecule has 20 heavy (non-hydrogen) atoms. The van der Waals surface area contributed by atoms with Crippen LogP contribution in [0.5, 0.6) is 0 Å². The van der Waals surface area contributed by atoms with Gasteiger partial charge in [0, 0.05) is 10.7 Å². The summed E-state index contributed by atoms with van der Waals surface area (Å²) < 4.78 is 5.18. The summed E-state index contributed by atoms with van der Waals surface area (Å²) in [7, 11) is 1.53. The van der Waals surface area contributed by atoms with Crippen molar-refractivity contribution in [3.8, 4) is 0 Å². The van der Waals surface area contributed by atoms with E-state index in [9.17, 15) is 4.79 Å². The van der Waals surface area contributed by atoms with E-state index in [1.54, 1.807) is 0 Å². The van der Waals surface area contributed by atoms with E-state index in [1.807, 2.05) is 0 Å². The van der Waals surface area contributed by atoms with Crippen LogP contribution < -0.4 is 0 Å². The Bertz CT molecular complexity index is 497. The quantitative estimate of drug-likeness (QED) is 0.428. The molecule has 0 aliphatic heterocycles. The van der Waals surface area contributed by atoms with Crippen LogP contribution in [0.3, 0.4) is 0 Å². The molecule has 2 saturated carbocycles. The van der Waals surface area contributed by atoms with Crippen LogP contribution in [-0.2, 0) is 9.53 Å². The molecule has 0 N–H and O–H groups in total. The number of fused-ring (bicyclic) bond motifs is 3. The molecule has 5 atom stereocenters. The Kier molecular flexibility index (Phi) is 2.86. The fourth-order valence-electron chi connectivity index (χ4n) is 5.52. The number of methoxy groups -OCH3 is 1. The second-order valence-electron chi connectivity index (χ2n) is 7.94. The van der Waals surface area contributed by atoms with Gasteiger partial charge in [-0.15, -0.1) is 0 Å². The Morgan fingerprint density at radius 2 is 1.95 bits per heavy atom. The number of carbonyl (C=O) groups is 1. The van der Waals surface area contributed by atoms with Gasteiger partial charge in [0.15, 0.2) is 0 Å². The van der Waals surface area contributed by atoms with Crippen molar-refractivity contribution in [3.63, 3.8) is 0 Å². The molecule has 0 aromatic carbocycles. The third-order valence-electron chi connectivity index (χ3n) is 7.56. The molecule has 0 spiro atoms. The number of rotatable bonds is 2. The maximum Gasteiger partial charge on any atom is 0.312 e. The van der Waals surface area contributed by atoms with Crippen LogP contribution in [0.4, 0.5) is 0 Å². The van der Waals surface area contributed by atoms with Gasteiger partial charge in [0.1, 0.15) is 0 Å². The van der Waals surface area contributed by atoms with Crippen molar-refractivity contribution < 1.29 is 9.53 Å². The first-order valence-corrected chi connectivity index (χ1v) is 8.67. The molecular formula is C17H25BrO2. The zero-order valence-electron chi connectivity index (χ0n) is 13.1. The van der Waals surface area contributed by atoms with Gasteiger partial charge in [0.2, 0.25) is 0 Å². The first-order chi connectivity index (χ1) is 9.21. The summed E-state index contributed by atoms with van der Waals surface area (Å²) in [4.78, 5) is 12.5. The standard InChI is InChI=1S/C17H25BrO2/c1-14(2)11(10-18)6-7-15(3)16(14,4)8-12-9-17(12,15)13(19)20-5/h6-7,11-12H,8-10H2,1-5H3/t11?,12-,15?,16?,17+/m0/s1. The summed E-state index contributed by atoms with van der Waals surface area (Å²) in [5.41, 5.74) is -0.0276. The molecule has 3 heteroatoms. The Morgan fingerprint density at radius 1 is 1.30 bits per heavy atom. The topological polar surface area (TPSA) is 26.3 Å². The molecule has 0 saturated heterocycles. The molecule has 0 aromatic rings. The molecule has 2 nitrogen and oxygen atoms in total. The first kappa shape index (κ1) is 14.6. The smallest absolute Gasteiger partial charge is 0.312 e. The van der Waals surface area contributed by atoms with Crippen LogP contribution in [0.1, 0.15) is 40.5 Å². The van der Waals surface area contributed by atoms with Crippen LogP contribution in [0, 0.1) is 33.5 Å². The zero-order chi connectivity index (χ0) is 15.0. The van der Waals surface area contributed by atoms with Gasteiger partial charge in [-0.25, -0.2) is 0 Å². The molecule has 3 rings (SSSR count). The van der Waals surface area contributed by atoms with Gasteiger partial charge >= 0.3 is 5.97 Å². The van der Waals surface area contributed by atoms with Crippen molar-refractivity contribution in [1.29, 1.82) is 0 Å². The number of allylic oxidation sites excluding steroid dienone is 2. The molecule has 0 radical (unpaired) electrons. The van der Waals surface area contributed by atoms with Crippen LogP contribution in [0.2, 0.25) is 0 Å². The van der Waals surface area contributed by atoms with E-state index in [-0.39, 0.29) is 27.6 Å². The minimum atomic E-state index is -0.262. The highest BCUT2D eigenvalue weighted by molar-refractivity contribution is 9.09. The fraction of sp³-hybridized carbons (Fsp3) is 0.824. The molecule has 3 unspecified atom stereocenters. The zero-order valence-corrected chi connectivity index (χ0v) is 14.7. The lowest BCUT2D eigenvalue weighted by molar-refractivity contribution is -0.157. The van der Waals surface area contributed by atoms with Gasteiger partial charge in [0.25, 0.3) is 0 Å². The summed E-state index contributed by atoms with van der Waals surface area (Å²) in [6, 6.07) is 0. The van der Waals surface area contributed by atoms with Crippen molar-refractivity contribution in [3.05, 3.63) is 12.2 Å². The lowest BCUT2D eigenvalue weighted by atomic mass is 9.45. The number of halogens is 1. The summed E-state index contributed by atoms with van der Waals surface area (Å²) in [5, 5.41) is 0.984. The van der Waals surface area contributed by atoms with E-state index in [4.69, 9.17) is 4.74 Å². The Balaban J connectivity index is 2.14. The molecule has 3 aliphatic rings. The average Bonchev–Trinajstić information content (AvgIpc) is 3.06. The minimum absolute atomic E-state index is 0.00599. The highest BCUT2D eigenvalue weighted by atomic mass is 79.9. The van der Waals surface area contributed by atoms with Crippen molar-refractivity contribution in [1.82, 2.24) is 0 Å². The number of ether oxygens (including phenoxy) is 1. The normalized spacial score (nSPS) is 51.3. The number of esters is 1. The third kappa shape index (κ3) is 1.25. The van der Waals surface area contributed by atoms with Crippen LogP contribution in [0.15, 0.2) is 12.2 Å². The van der Waals surface area contributed by atoms with E-state index >= 15 is 0 Å². The summed E-state index contributed by atoms with van der Waals surface area (Å²) in [6.45, 7) is 9.43. The van der Waals surface area contributed by atoms with Gasteiger partial charge in [0.05, 0.1) is 12.5 Å². The molecule has 0 bridgehead atoms. The Hall–Kier alpha value is -0.310. The highest BCUT2D eigenvalue weighted by Gasteiger charge is 2.82. The largest absolute Gasteiger partial charge is 0.469 e. The summed E-state index contributed by atoms with van der Waals surface area (Å²) in [6.07, 6.45) is 6.82. The van der Waals surface area contributed by atoms with Gasteiger partial charge in [-0.2, -0.15) is 0 Å². The minimum Gasteiger partial charge on any atom is -0.469 e. The molecule has 0 heterocycles. The number of hydrogen-bond donors (Lipinski definition) is 0. The second-order valence-corrected chi connectivity index (χ2v) is 8.59. The predicted molar refractivity (Wildman–Crippen MR) is 83.6 cm³/mol. The predicted octanol–water partition coefficient (Wildman–Crippen LogP) is 4.19. The van der Waals surface area contributed by atoms with Crippen molar-refractivity contribution in [2.24, 2.45) is 33.5 Å². The van der Waals surface area contributed by atoms with Gasteiger partial charge < -0.3 is 4.74 Å². The van der Waals surface area contributed by atoms with Gasteiger partial charge in [-0.3, -0.25) is 4.79 Å². The third-order valence-corrected chi connectivity index (χ3v) is 8.26. The maximum absolute atomic E-state index is 12.5. The molecule has 0 aromatic heterocycles. The summed E-state index contributed by atoms with van der Waals surface area (Å²) in [5.74, 6) is 1.03. The molecular weight excluding hydrogens is 316 g/mol. The number of carbonyl (C=O) groups excluding carboxylic acids is 1. The summed E-state index contributed by atoms with van der Waals surface area (Å²) >= 11 is 3.66. The number of hydrogen-bond acceptors (Lipinski definition) is 2. The van der Waals surface area contributed by atoms with Crippen LogP contribution in [0.25, 0.3) is 0 Å². The van der Waals surface area contributed by atoms with Crippen molar-refractivity contribution in [2.45, 2.75) is 40.5 Å². The molecule has 3 aliphatic carbocycles. The van der Waals surface area contributed by atoms with E-state index in [0.29, 0.717) is 11.8 Å². The Labute approximate surface area is 130 Å². The monoisotopic (exact) mass is 340 g/mol. The highest BCUT2D eigenvalue weighted by Crippen LogP contribution is 2.83. The van der Waals surface area contributed by atoms with Gasteiger partial charge in [-0.05, 0) is 35.5 Å². The van der Waals surface area contributed by atoms with E-state index in [0.717, 1.165) is 18.2 Å². The SMILES string of the molecule is COC(=O)[C@@]12C[C@@H]1CC1(C)C(C)(C)C(CBr)C=CC12C. The van der Waals surface area contributed by atoms with E-state index in [1.165, 1.54) is 7.11 Å². The maximum atomic E-state index is 12.5. The van der Waals surface area contributed by atoms with Crippen LogP contribution >= 0.6 is 15.9 Å². The number of alkyl halides is 1. The van der Waals surface area contributed by atoms with Crippen LogP contribution in [-0.4, -0.2) is 18.4 Å². The van der Waals surface area contributed by atoms with E-state index in [2.05, 4.69) is 55.8 Å². The second kappa shape index (κ2) is 3.91. The average molecular weight is 341 g/mol. The van der Waals surface area contributed by atoms with E-state index < -0.39 is 0 Å². The molecule has 2 fully saturated rings. The molecule has 0 amide bonds. The lowest BCUT2D eigenvalue weighted by Gasteiger charge is -2.59. The Morgan fingerprint density at radius 3 is 2.50 bits per heavy atom. The first-order valence-electron chi connectivity index (χ1n) is 7.55.